The minimum atomic E-state index is -0.446. The van der Waals surface area contributed by atoms with Gasteiger partial charge in [0.1, 0.15) is 5.75 Å². The number of nitrogens with one attached hydrogen (secondary N) is 2. The van der Waals surface area contributed by atoms with Gasteiger partial charge in [0.25, 0.3) is 0 Å². The molecule has 1 rings (SSSR count). The molecule has 106 valence electrons. The van der Waals surface area contributed by atoms with Crippen LogP contribution in [0.2, 0.25) is 0 Å². The Morgan fingerprint density at radius 1 is 1.32 bits per heavy atom. The largest absolute Gasteiger partial charge is 0.471 e. The van der Waals surface area contributed by atoms with E-state index in [2.05, 4.69) is 24.5 Å². The molecule has 1 atom stereocenters. The fourth-order valence-electron chi connectivity index (χ4n) is 1.69. The number of carbonyl (C=O) groups excluding carboxylic acids is 1. The molecule has 0 aliphatic heterocycles. The zero-order valence-corrected chi connectivity index (χ0v) is 11.6. The van der Waals surface area contributed by atoms with Crippen molar-refractivity contribution in [2.45, 2.75) is 32.9 Å². The molecule has 1 aromatic carbocycles. The summed E-state index contributed by atoms with van der Waals surface area (Å²) in [4.78, 5) is 11.4. The number of para-hydroxylation sites is 1. The van der Waals surface area contributed by atoms with Crippen molar-refractivity contribution in [3.63, 3.8) is 0 Å². The van der Waals surface area contributed by atoms with Crippen LogP contribution in [0.4, 0.5) is 4.79 Å². The Kier molecular flexibility index (Phi) is 6.15. The highest BCUT2D eigenvalue weighted by atomic mass is 16.5. The number of amides is 2. The third kappa shape index (κ3) is 5.18. The lowest BCUT2D eigenvalue weighted by molar-refractivity contribution is 0.174. The predicted molar refractivity (Wildman–Crippen MR) is 74.2 cm³/mol. The van der Waals surface area contributed by atoms with Crippen LogP contribution in [0.15, 0.2) is 24.3 Å². The molecule has 1 unspecified atom stereocenters. The van der Waals surface area contributed by atoms with Crippen LogP contribution in [0, 0.1) is 0 Å². The molecule has 5 nitrogen and oxygen atoms in total. The first-order valence-corrected chi connectivity index (χ1v) is 6.45. The Morgan fingerprint density at radius 2 is 2.00 bits per heavy atom. The van der Waals surface area contributed by atoms with Crippen molar-refractivity contribution in [3.05, 3.63) is 29.8 Å². The van der Waals surface area contributed by atoms with Crippen molar-refractivity contribution in [3.8, 4) is 5.75 Å². The van der Waals surface area contributed by atoms with E-state index in [4.69, 9.17) is 9.84 Å². The van der Waals surface area contributed by atoms with Crippen LogP contribution < -0.4 is 15.4 Å². The van der Waals surface area contributed by atoms with Gasteiger partial charge in [-0.3, -0.25) is 0 Å². The fraction of sp³-hybridized carbons (Fsp3) is 0.500. The van der Waals surface area contributed by atoms with Gasteiger partial charge in [-0.15, -0.1) is 0 Å². The average Bonchev–Trinajstić information content (AvgIpc) is 2.36. The van der Waals surface area contributed by atoms with Crippen LogP contribution in [0.3, 0.4) is 0 Å². The van der Waals surface area contributed by atoms with E-state index in [-0.39, 0.29) is 19.2 Å². The van der Waals surface area contributed by atoms with Crippen molar-refractivity contribution in [2.75, 3.05) is 13.2 Å². The quantitative estimate of drug-likeness (QED) is 0.688. The second-order valence-corrected chi connectivity index (χ2v) is 4.58. The number of aliphatic hydroxyl groups is 1. The first-order chi connectivity index (χ1) is 9.04. The molecule has 0 saturated heterocycles. The molecule has 0 aliphatic rings. The predicted octanol–water partition coefficient (Wildman–Crippen LogP) is 1.83. The summed E-state index contributed by atoms with van der Waals surface area (Å²) in [6.45, 7) is 6.08. The molecule has 0 saturated carbocycles. The number of hydrogen-bond acceptors (Lipinski definition) is 3. The van der Waals surface area contributed by atoms with E-state index in [0.29, 0.717) is 5.92 Å². The van der Waals surface area contributed by atoms with Crippen molar-refractivity contribution in [1.29, 1.82) is 0 Å². The van der Waals surface area contributed by atoms with Crippen molar-refractivity contribution in [2.24, 2.45) is 0 Å². The summed E-state index contributed by atoms with van der Waals surface area (Å²) in [5, 5.41) is 13.8. The van der Waals surface area contributed by atoms with E-state index in [1.165, 1.54) is 0 Å². The van der Waals surface area contributed by atoms with Gasteiger partial charge in [-0.25, -0.2) is 4.79 Å². The lowest BCUT2D eigenvalue weighted by Crippen LogP contribution is -2.44. The SMILES string of the molecule is CC(NC(=O)NCCO)Oc1ccccc1C(C)C. The molecular weight excluding hydrogens is 244 g/mol. The third-order valence-electron chi connectivity index (χ3n) is 2.58. The highest BCUT2D eigenvalue weighted by Gasteiger charge is 2.12. The van der Waals surface area contributed by atoms with E-state index in [1.54, 1.807) is 6.92 Å². The maximum absolute atomic E-state index is 11.4. The van der Waals surface area contributed by atoms with E-state index < -0.39 is 6.23 Å². The first kappa shape index (κ1) is 15.3. The second kappa shape index (κ2) is 7.63. The summed E-state index contributed by atoms with van der Waals surface area (Å²) < 4.78 is 5.72. The molecule has 0 spiro atoms. The summed E-state index contributed by atoms with van der Waals surface area (Å²) >= 11 is 0. The van der Waals surface area contributed by atoms with Crippen molar-refractivity contribution in [1.82, 2.24) is 10.6 Å². The number of ether oxygens (including phenoxy) is 1. The molecule has 19 heavy (non-hydrogen) atoms. The van der Waals surface area contributed by atoms with Gasteiger partial charge in [0, 0.05) is 6.54 Å². The Labute approximate surface area is 114 Å². The molecule has 0 radical (unpaired) electrons. The Hall–Kier alpha value is -1.75. The number of aliphatic hydroxyl groups excluding tert-OH is 1. The number of carbonyl (C=O) groups is 1. The summed E-state index contributed by atoms with van der Waals surface area (Å²) in [7, 11) is 0. The number of urea groups is 1. The van der Waals surface area contributed by atoms with Crippen LogP contribution in [0.1, 0.15) is 32.3 Å². The molecule has 5 heteroatoms. The van der Waals surface area contributed by atoms with Crippen LogP contribution in [0.5, 0.6) is 5.75 Å². The second-order valence-electron chi connectivity index (χ2n) is 4.58. The summed E-state index contributed by atoms with van der Waals surface area (Å²) in [5.41, 5.74) is 1.10. The highest BCUT2D eigenvalue weighted by Crippen LogP contribution is 2.26. The summed E-state index contributed by atoms with van der Waals surface area (Å²) in [5.74, 6) is 1.12. The zero-order chi connectivity index (χ0) is 14.3. The molecule has 0 heterocycles. The standard InChI is InChI=1S/C14H22N2O3/c1-10(2)12-6-4-5-7-13(12)19-11(3)16-14(18)15-8-9-17/h4-7,10-11,17H,8-9H2,1-3H3,(H2,15,16,18). The van der Waals surface area contributed by atoms with Crippen LogP contribution in [0.25, 0.3) is 0 Å². The lowest BCUT2D eigenvalue weighted by atomic mass is 10.0. The lowest BCUT2D eigenvalue weighted by Gasteiger charge is -2.20. The number of hydrogen-bond donors (Lipinski definition) is 3. The molecule has 0 aliphatic carbocycles. The maximum atomic E-state index is 11.4. The van der Waals surface area contributed by atoms with E-state index >= 15 is 0 Å². The topological polar surface area (TPSA) is 70.6 Å². The average molecular weight is 266 g/mol. The monoisotopic (exact) mass is 266 g/mol. The normalized spacial score (nSPS) is 12.1. The Bertz CT molecular complexity index is 407. The van der Waals surface area contributed by atoms with Crippen molar-refractivity contribution >= 4 is 6.03 Å². The molecule has 3 N–H and O–H groups in total. The highest BCUT2D eigenvalue weighted by molar-refractivity contribution is 5.73. The molecule has 0 bridgehead atoms. The van der Waals surface area contributed by atoms with Gasteiger partial charge in [-0.1, -0.05) is 32.0 Å². The number of rotatable bonds is 6. The summed E-state index contributed by atoms with van der Waals surface area (Å²) in [6, 6.07) is 7.41. The van der Waals surface area contributed by atoms with Crippen LogP contribution in [-0.2, 0) is 0 Å². The van der Waals surface area contributed by atoms with Crippen molar-refractivity contribution < 1.29 is 14.6 Å². The maximum Gasteiger partial charge on any atom is 0.317 e. The first-order valence-electron chi connectivity index (χ1n) is 6.45. The van der Waals surface area contributed by atoms with Crippen LogP contribution in [-0.4, -0.2) is 30.5 Å². The van der Waals surface area contributed by atoms with Crippen LogP contribution >= 0.6 is 0 Å². The molecule has 0 fully saturated rings. The van der Waals surface area contributed by atoms with Gasteiger partial charge >= 0.3 is 6.03 Å². The van der Waals surface area contributed by atoms with E-state index in [9.17, 15) is 4.79 Å². The van der Waals surface area contributed by atoms with Gasteiger partial charge in [0.05, 0.1) is 6.61 Å². The van der Waals surface area contributed by atoms with Gasteiger partial charge in [-0.05, 0) is 24.5 Å². The Balaban J connectivity index is 2.57. The minimum absolute atomic E-state index is 0.0845. The number of benzene rings is 1. The van der Waals surface area contributed by atoms with E-state index in [0.717, 1.165) is 11.3 Å². The third-order valence-corrected chi connectivity index (χ3v) is 2.58. The molecule has 2 amide bonds. The molecule has 0 aromatic heterocycles. The fourth-order valence-corrected chi connectivity index (χ4v) is 1.69. The molecular formula is C14H22N2O3. The summed E-state index contributed by atoms with van der Waals surface area (Å²) in [6.07, 6.45) is -0.446. The molecule has 1 aromatic rings. The van der Waals surface area contributed by atoms with E-state index in [1.807, 2.05) is 24.3 Å². The smallest absolute Gasteiger partial charge is 0.317 e. The van der Waals surface area contributed by atoms with Gasteiger partial charge in [0.15, 0.2) is 6.23 Å². The zero-order valence-electron chi connectivity index (χ0n) is 11.6. The van der Waals surface area contributed by atoms with Gasteiger partial charge < -0.3 is 20.5 Å². The minimum Gasteiger partial charge on any atom is -0.471 e. The van der Waals surface area contributed by atoms with Gasteiger partial charge in [0.2, 0.25) is 0 Å². The van der Waals surface area contributed by atoms with Gasteiger partial charge in [-0.2, -0.15) is 0 Å². The Morgan fingerprint density at radius 3 is 2.63 bits per heavy atom.